The summed E-state index contributed by atoms with van der Waals surface area (Å²) in [6.45, 7) is 2.18. The van der Waals surface area contributed by atoms with Crippen molar-refractivity contribution in [3.8, 4) is 11.8 Å². The molecule has 146 valence electrons. The van der Waals surface area contributed by atoms with Crippen molar-refractivity contribution >= 4 is 28.8 Å². The zero-order valence-corrected chi connectivity index (χ0v) is 16.6. The number of nitrogens with zero attached hydrogens (tertiary/aromatic N) is 1. The van der Waals surface area contributed by atoms with Gasteiger partial charge in [-0.15, -0.1) is 11.3 Å². The molecule has 0 aliphatic heterocycles. The van der Waals surface area contributed by atoms with E-state index in [2.05, 4.69) is 16.7 Å². The Kier molecular flexibility index (Phi) is 6.61. The van der Waals surface area contributed by atoms with E-state index in [-0.39, 0.29) is 11.8 Å². The van der Waals surface area contributed by atoms with E-state index < -0.39 is 0 Å². The van der Waals surface area contributed by atoms with Gasteiger partial charge in [0, 0.05) is 23.6 Å². The van der Waals surface area contributed by atoms with E-state index in [1.54, 1.807) is 42.5 Å². The Bertz CT molecular complexity index is 1070. The van der Waals surface area contributed by atoms with Crippen molar-refractivity contribution in [1.29, 1.82) is 5.26 Å². The minimum atomic E-state index is -0.219. The van der Waals surface area contributed by atoms with Gasteiger partial charge in [-0.05, 0) is 42.0 Å². The average Bonchev–Trinajstić information content (AvgIpc) is 3.20. The smallest absolute Gasteiger partial charge is 0.265 e. The SMILES string of the molecule is CC(=O)NCc1ccc(C(=O)Nc2cccc(OCc3cccc(C#N)c3)c2)s1. The number of anilines is 1. The number of benzene rings is 2. The topological polar surface area (TPSA) is 91.2 Å². The summed E-state index contributed by atoms with van der Waals surface area (Å²) < 4.78 is 5.78. The van der Waals surface area contributed by atoms with Crippen LogP contribution in [0.25, 0.3) is 0 Å². The second-order valence-electron chi connectivity index (χ2n) is 6.26. The molecule has 1 aromatic heterocycles. The number of nitriles is 1. The van der Waals surface area contributed by atoms with Crippen LogP contribution >= 0.6 is 11.3 Å². The molecule has 0 saturated carbocycles. The Morgan fingerprint density at radius 1 is 1.10 bits per heavy atom. The van der Waals surface area contributed by atoms with Crippen LogP contribution in [-0.2, 0) is 17.9 Å². The number of carbonyl (C=O) groups excluding carboxylic acids is 2. The van der Waals surface area contributed by atoms with Crippen molar-refractivity contribution in [2.75, 3.05) is 5.32 Å². The van der Waals surface area contributed by atoms with Crippen LogP contribution in [0.3, 0.4) is 0 Å². The summed E-state index contributed by atoms with van der Waals surface area (Å²) in [5.41, 5.74) is 2.10. The molecule has 2 N–H and O–H groups in total. The first-order valence-corrected chi connectivity index (χ1v) is 9.71. The third-order valence-electron chi connectivity index (χ3n) is 3.95. The largest absolute Gasteiger partial charge is 0.489 e. The van der Waals surface area contributed by atoms with Gasteiger partial charge < -0.3 is 15.4 Å². The second kappa shape index (κ2) is 9.53. The van der Waals surface area contributed by atoms with Crippen LogP contribution in [0.1, 0.15) is 32.6 Å². The molecule has 2 aromatic carbocycles. The molecule has 0 atom stereocenters. The van der Waals surface area contributed by atoms with Gasteiger partial charge in [-0.1, -0.05) is 18.2 Å². The van der Waals surface area contributed by atoms with Crippen molar-refractivity contribution in [3.63, 3.8) is 0 Å². The Balaban J connectivity index is 1.60. The lowest BCUT2D eigenvalue weighted by atomic mass is 10.1. The Morgan fingerprint density at radius 3 is 2.72 bits per heavy atom. The summed E-state index contributed by atoms with van der Waals surface area (Å²) in [4.78, 5) is 24.9. The lowest BCUT2D eigenvalue weighted by Gasteiger charge is -2.09. The van der Waals surface area contributed by atoms with E-state index in [4.69, 9.17) is 10.00 Å². The molecule has 3 aromatic rings. The van der Waals surface area contributed by atoms with Crippen LogP contribution < -0.4 is 15.4 Å². The molecule has 0 aliphatic carbocycles. The Morgan fingerprint density at radius 2 is 1.93 bits per heavy atom. The Hall–Kier alpha value is -3.63. The quantitative estimate of drug-likeness (QED) is 0.619. The van der Waals surface area contributed by atoms with Gasteiger partial charge in [0.05, 0.1) is 23.1 Å². The van der Waals surface area contributed by atoms with E-state index in [0.29, 0.717) is 35.0 Å². The summed E-state index contributed by atoms with van der Waals surface area (Å²) in [7, 11) is 0. The molecule has 0 saturated heterocycles. The molecule has 1 heterocycles. The predicted molar refractivity (Wildman–Crippen MR) is 112 cm³/mol. The summed E-state index contributed by atoms with van der Waals surface area (Å²) >= 11 is 1.33. The van der Waals surface area contributed by atoms with Gasteiger partial charge in [-0.25, -0.2) is 0 Å². The average molecular weight is 405 g/mol. The summed E-state index contributed by atoms with van der Waals surface area (Å²) in [5, 5.41) is 14.5. The van der Waals surface area contributed by atoms with Crippen molar-refractivity contribution in [2.45, 2.75) is 20.1 Å². The van der Waals surface area contributed by atoms with E-state index in [9.17, 15) is 9.59 Å². The predicted octanol–water partition coefficient (Wildman–Crippen LogP) is 4.09. The monoisotopic (exact) mass is 405 g/mol. The van der Waals surface area contributed by atoms with Crippen molar-refractivity contribution in [3.05, 3.63) is 81.5 Å². The van der Waals surface area contributed by atoms with Crippen LogP contribution in [-0.4, -0.2) is 11.8 Å². The van der Waals surface area contributed by atoms with Gasteiger partial charge in [0.25, 0.3) is 5.91 Å². The van der Waals surface area contributed by atoms with Crippen LogP contribution in [0.5, 0.6) is 5.75 Å². The minimum Gasteiger partial charge on any atom is -0.489 e. The molecular formula is C22H19N3O3S. The highest BCUT2D eigenvalue weighted by Crippen LogP contribution is 2.22. The minimum absolute atomic E-state index is 0.111. The third kappa shape index (κ3) is 5.92. The van der Waals surface area contributed by atoms with E-state index in [1.165, 1.54) is 18.3 Å². The van der Waals surface area contributed by atoms with E-state index >= 15 is 0 Å². The van der Waals surface area contributed by atoms with Gasteiger partial charge in [0.2, 0.25) is 5.91 Å². The molecule has 6 nitrogen and oxygen atoms in total. The second-order valence-corrected chi connectivity index (χ2v) is 7.43. The number of thiophene rings is 1. The summed E-state index contributed by atoms with van der Waals surface area (Å²) in [5.74, 6) is 0.284. The highest BCUT2D eigenvalue weighted by Gasteiger charge is 2.10. The van der Waals surface area contributed by atoms with Crippen LogP contribution in [0.2, 0.25) is 0 Å². The number of ether oxygens (including phenoxy) is 1. The summed E-state index contributed by atoms with van der Waals surface area (Å²) in [6.07, 6.45) is 0. The maximum Gasteiger partial charge on any atom is 0.265 e. The Labute approximate surface area is 172 Å². The fourth-order valence-electron chi connectivity index (χ4n) is 2.56. The molecular weight excluding hydrogens is 386 g/mol. The van der Waals surface area contributed by atoms with Crippen LogP contribution in [0.4, 0.5) is 5.69 Å². The number of amides is 2. The highest BCUT2D eigenvalue weighted by molar-refractivity contribution is 7.14. The molecule has 29 heavy (non-hydrogen) atoms. The first-order chi connectivity index (χ1) is 14.0. The molecule has 0 unspecified atom stereocenters. The molecule has 0 fully saturated rings. The van der Waals surface area contributed by atoms with Crippen molar-refractivity contribution in [1.82, 2.24) is 5.32 Å². The molecule has 7 heteroatoms. The number of carbonyl (C=O) groups is 2. The van der Waals surface area contributed by atoms with Gasteiger partial charge in [-0.2, -0.15) is 5.26 Å². The lowest BCUT2D eigenvalue weighted by Crippen LogP contribution is -2.18. The molecule has 0 spiro atoms. The summed E-state index contributed by atoms with van der Waals surface area (Å²) in [6, 6.07) is 20.0. The van der Waals surface area contributed by atoms with Gasteiger partial charge >= 0.3 is 0 Å². The van der Waals surface area contributed by atoms with Crippen LogP contribution in [0, 0.1) is 11.3 Å². The van der Waals surface area contributed by atoms with Gasteiger partial charge in [0.15, 0.2) is 0 Å². The number of hydrogen-bond acceptors (Lipinski definition) is 5. The molecule has 2 amide bonds. The van der Waals surface area contributed by atoms with Gasteiger partial charge in [-0.3, -0.25) is 9.59 Å². The van der Waals surface area contributed by atoms with E-state index in [0.717, 1.165) is 10.4 Å². The molecule has 3 rings (SSSR count). The standard InChI is InChI=1S/C22H19N3O3S/c1-15(26)24-13-20-8-9-21(29-20)22(27)25-18-6-3-7-19(11-18)28-14-17-5-2-4-16(10-17)12-23/h2-11H,13-14H2,1H3,(H,24,26)(H,25,27). The number of hydrogen-bond donors (Lipinski definition) is 2. The van der Waals surface area contributed by atoms with Crippen molar-refractivity contribution < 1.29 is 14.3 Å². The number of nitrogens with one attached hydrogen (secondary N) is 2. The fourth-order valence-corrected chi connectivity index (χ4v) is 3.40. The highest BCUT2D eigenvalue weighted by atomic mass is 32.1. The third-order valence-corrected chi connectivity index (χ3v) is 5.03. The first-order valence-electron chi connectivity index (χ1n) is 8.90. The fraction of sp³-hybridized carbons (Fsp3) is 0.136. The molecule has 0 bridgehead atoms. The first kappa shape index (κ1) is 20.1. The molecule has 0 aliphatic rings. The maximum absolute atomic E-state index is 12.5. The van der Waals surface area contributed by atoms with Crippen molar-refractivity contribution in [2.24, 2.45) is 0 Å². The normalized spacial score (nSPS) is 10.1. The van der Waals surface area contributed by atoms with Crippen LogP contribution in [0.15, 0.2) is 60.7 Å². The molecule has 0 radical (unpaired) electrons. The lowest BCUT2D eigenvalue weighted by molar-refractivity contribution is -0.119. The maximum atomic E-state index is 12.5. The zero-order chi connectivity index (χ0) is 20.6. The zero-order valence-electron chi connectivity index (χ0n) is 15.8. The van der Waals surface area contributed by atoms with Gasteiger partial charge in [0.1, 0.15) is 12.4 Å². The number of rotatable bonds is 7. The van der Waals surface area contributed by atoms with E-state index in [1.807, 2.05) is 18.2 Å².